The summed E-state index contributed by atoms with van der Waals surface area (Å²) in [6, 6.07) is 13.4. The van der Waals surface area contributed by atoms with Gasteiger partial charge < -0.3 is 14.8 Å². The lowest BCUT2D eigenvalue weighted by Gasteiger charge is -2.30. The maximum absolute atomic E-state index is 13.4. The number of aromatic nitrogens is 4. The average Bonchev–Trinajstić information content (AvgIpc) is 3.38. The topological polar surface area (TPSA) is 115 Å². The number of nitrogens with zero attached hydrogens (tertiary/aromatic N) is 5. The number of fused-ring (bicyclic) bond motifs is 2. The smallest absolute Gasteiger partial charge is 0.251 e. The van der Waals surface area contributed by atoms with Gasteiger partial charge in [0.15, 0.2) is 0 Å². The van der Waals surface area contributed by atoms with E-state index in [1.54, 1.807) is 30.1 Å². The Morgan fingerprint density at radius 1 is 1.31 bits per heavy atom. The first-order chi connectivity index (χ1) is 18.9. The summed E-state index contributed by atoms with van der Waals surface area (Å²) < 4.78 is 26.2. The quantitative estimate of drug-likeness (QED) is 0.396. The third-order valence-electron chi connectivity index (χ3n) is 7.52. The molecule has 2 aliphatic rings. The van der Waals surface area contributed by atoms with Crippen LogP contribution in [0.25, 0.3) is 22.2 Å². The summed E-state index contributed by atoms with van der Waals surface area (Å²) in [6.07, 6.45) is 3.70. The van der Waals surface area contributed by atoms with Crippen molar-refractivity contribution in [2.45, 2.75) is 50.5 Å². The molecular weight excluding hydrogens is 499 g/mol. The van der Waals surface area contributed by atoms with Crippen molar-refractivity contribution >= 4 is 16.8 Å². The molecule has 0 spiro atoms. The number of nitriles is 1. The van der Waals surface area contributed by atoms with E-state index >= 15 is 0 Å². The highest BCUT2D eigenvalue weighted by Gasteiger charge is 2.34. The zero-order valence-electron chi connectivity index (χ0n) is 21.6. The zero-order chi connectivity index (χ0) is 27.1. The van der Waals surface area contributed by atoms with Crippen molar-refractivity contribution in [3.05, 3.63) is 71.2 Å². The molecule has 9 nitrogen and oxygen atoms in total. The fourth-order valence-corrected chi connectivity index (χ4v) is 5.10. The van der Waals surface area contributed by atoms with Gasteiger partial charge in [-0.15, -0.1) is 5.10 Å². The molecule has 1 amide bonds. The molecule has 1 saturated carbocycles. The lowest BCUT2D eigenvalue weighted by Crippen LogP contribution is -2.33. The summed E-state index contributed by atoms with van der Waals surface area (Å²) >= 11 is 0. The molecule has 6 rings (SSSR count). The number of nitrogens with one attached hydrogen (secondary N) is 1. The Bertz CT molecular complexity index is 1620. The van der Waals surface area contributed by atoms with E-state index in [1.165, 1.54) is 0 Å². The van der Waals surface area contributed by atoms with Gasteiger partial charge in [0.2, 0.25) is 5.88 Å². The van der Waals surface area contributed by atoms with E-state index in [4.69, 9.17) is 14.5 Å². The molecule has 1 fully saturated rings. The molecule has 0 unspecified atom stereocenters. The molecule has 1 aliphatic carbocycles. The van der Waals surface area contributed by atoms with Crippen molar-refractivity contribution in [2.75, 3.05) is 13.7 Å². The number of hydrogen-bond acceptors (Lipinski definition) is 7. The highest BCUT2D eigenvalue weighted by molar-refractivity contribution is 5.94. The van der Waals surface area contributed by atoms with Crippen LogP contribution in [0.15, 0.2) is 48.8 Å². The number of amides is 1. The molecule has 1 atom stereocenters. The summed E-state index contributed by atoms with van der Waals surface area (Å²) in [5.74, 6) is 0.187. The van der Waals surface area contributed by atoms with E-state index in [2.05, 4.69) is 21.5 Å². The van der Waals surface area contributed by atoms with Gasteiger partial charge in [-0.25, -0.2) is 9.37 Å². The highest BCUT2D eigenvalue weighted by atomic mass is 19.1. The number of hydrogen-bond donors (Lipinski definition) is 1. The Morgan fingerprint density at radius 3 is 2.92 bits per heavy atom. The molecule has 4 aromatic rings. The molecule has 1 aliphatic heterocycles. The van der Waals surface area contributed by atoms with Crippen LogP contribution in [0, 0.1) is 11.3 Å². The third kappa shape index (κ3) is 4.59. The van der Waals surface area contributed by atoms with Crippen LogP contribution in [0.3, 0.4) is 0 Å². The van der Waals surface area contributed by atoms with Crippen LogP contribution in [-0.4, -0.2) is 45.5 Å². The van der Waals surface area contributed by atoms with Crippen LogP contribution in [0.1, 0.15) is 53.0 Å². The van der Waals surface area contributed by atoms with Crippen LogP contribution in [0.5, 0.6) is 5.88 Å². The van der Waals surface area contributed by atoms with Crippen LogP contribution in [0.4, 0.5) is 4.39 Å². The summed E-state index contributed by atoms with van der Waals surface area (Å²) in [5, 5.41) is 17.9. The molecule has 4 heterocycles. The Kier molecular flexibility index (Phi) is 6.23. The molecule has 0 bridgehead atoms. The number of ether oxygens (including phenoxy) is 2. The summed E-state index contributed by atoms with van der Waals surface area (Å²) in [5.41, 5.74) is 4.21. The second-order valence-corrected chi connectivity index (χ2v) is 10.3. The second kappa shape index (κ2) is 9.75. The molecule has 198 valence electrons. The summed E-state index contributed by atoms with van der Waals surface area (Å²) in [4.78, 5) is 22.2. The third-order valence-corrected chi connectivity index (χ3v) is 7.52. The normalized spacial score (nSPS) is 22.0. The minimum absolute atomic E-state index is 0.0274. The van der Waals surface area contributed by atoms with Crippen molar-refractivity contribution in [1.29, 1.82) is 5.26 Å². The first-order valence-electron chi connectivity index (χ1n) is 12.8. The average molecular weight is 527 g/mol. The Balaban J connectivity index is 1.21. The number of methoxy groups -OCH3 is 1. The van der Waals surface area contributed by atoms with Crippen molar-refractivity contribution in [3.63, 3.8) is 0 Å². The van der Waals surface area contributed by atoms with Crippen molar-refractivity contribution in [3.8, 4) is 23.2 Å². The number of carbonyl (C=O) groups is 1. The molecule has 10 heteroatoms. The van der Waals surface area contributed by atoms with E-state index < -0.39 is 11.6 Å². The van der Waals surface area contributed by atoms with Crippen LogP contribution in [0.2, 0.25) is 0 Å². The maximum Gasteiger partial charge on any atom is 0.251 e. The van der Waals surface area contributed by atoms with E-state index in [9.17, 15) is 14.4 Å². The minimum Gasteiger partial charge on any atom is -0.479 e. The van der Waals surface area contributed by atoms with E-state index in [-0.39, 0.29) is 18.5 Å². The number of carbonyl (C=O) groups excluding carboxylic acids is 1. The molecule has 0 radical (unpaired) electrons. The molecule has 1 aromatic carbocycles. The number of pyridine rings is 2. The van der Waals surface area contributed by atoms with Crippen molar-refractivity contribution in [1.82, 2.24) is 25.1 Å². The largest absolute Gasteiger partial charge is 0.479 e. The van der Waals surface area contributed by atoms with Gasteiger partial charge >= 0.3 is 0 Å². The monoisotopic (exact) mass is 526 g/mol. The first-order valence-corrected chi connectivity index (χ1v) is 12.8. The lowest BCUT2D eigenvalue weighted by atomic mass is 9.79. The second-order valence-electron chi connectivity index (χ2n) is 10.3. The first kappa shape index (κ1) is 24.9. The Labute approximate surface area is 224 Å². The van der Waals surface area contributed by atoms with E-state index in [0.29, 0.717) is 54.4 Å². The number of benzene rings is 1. The Morgan fingerprint density at radius 2 is 2.15 bits per heavy atom. The molecule has 1 N–H and O–H groups in total. The Hall–Kier alpha value is -4.36. The standard InChI is InChI=1S/C29H27FN6O3/c1-29(15-31)16-39-14-19-4-3-17(7-24(19)29)27(37)33-12-21-10-26-18(11-32-21)5-6-25(34-26)23-13-36(35-28(23)38-2)22-8-20(30)9-22/h3-7,10-11,13,20,22H,8-9,12,14,16H2,1-2H3,(H,33,37)/t20?,22?,29-/m1/s1. The number of alkyl halides is 1. The van der Waals surface area contributed by atoms with Gasteiger partial charge in [-0.3, -0.25) is 14.5 Å². The van der Waals surface area contributed by atoms with E-state index in [1.807, 2.05) is 37.4 Å². The van der Waals surface area contributed by atoms with Gasteiger partial charge in [-0.05, 0) is 48.4 Å². The van der Waals surface area contributed by atoms with Crippen molar-refractivity contribution < 1.29 is 18.7 Å². The van der Waals surface area contributed by atoms with Crippen LogP contribution in [-0.2, 0) is 23.3 Å². The predicted molar refractivity (Wildman–Crippen MR) is 141 cm³/mol. The maximum atomic E-state index is 13.4. The fourth-order valence-electron chi connectivity index (χ4n) is 5.10. The van der Waals surface area contributed by atoms with Gasteiger partial charge in [0.05, 0.1) is 61.4 Å². The number of rotatable bonds is 6. The molecule has 3 aromatic heterocycles. The highest BCUT2D eigenvalue weighted by Crippen LogP contribution is 2.38. The lowest BCUT2D eigenvalue weighted by molar-refractivity contribution is 0.0757. The summed E-state index contributed by atoms with van der Waals surface area (Å²) in [7, 11) is 1.55. The SMILES string of the molecule is COc1nn(C2CC(F)C2)cc1-c1ccc2cnc(CNC(=O)c3ccc4c(c3)[C@](C)(C#N)COC4)cc2n1. The molecule has 0 saturated heterocycles. The van der Waals surface area contributed by atoms with E-state index in [0.717, 1.165) is 22.1 Å². The zero-order valence-corrected chi connectivity index (χ0v) is 21.6. The molecular formula is C29H27FN6O3. The minimum atomic E-state index is -0.792. The van der Waals surface area contributed by atoms with Gasteiger partial charge in [-0.2, -0.15) is 5.26 Å². The molecule has 39 heavy (non-hydrogen) atoms. The van der Waals surface area contributed by atoms with Gasteiger partial charge in [0.25, 0.3) is 5.91 Å². The fraction of sp³-hybridized carbons (Fsp3) is 0.345. The van der Waals surface area contributed by atoms with Gasteiger partial charge in [0.1, 0.15) is 11.6 Å². The van der Waals surface area contributed by atoms with Crippen LogP contribution >= 0.6 is 0 Å². The van der Waals surface area contributed by atoms with Gasteiger partial charge in [-0.1, -0.05) is 6.07 Å². The van der Waals surface area contributed by atoms with Crippen LogP contribution < -0.4 is 10.1 Å². The van der Waals surface area contributed by atoms with Gasteiger partial charge in [0, 0.05) is 36.2 Å². The predicted octanol–water partition coefficient (Wildman–Crippen LogP) is 4.42. The number of halogens is 1. The summed E-state index contributed by atoms with van der Waals surface area (Å²) in [6.45, 7) is 2.75. The van der Waals surface area contributed by atoms with Crippen molar-refractivity contribution in [2.24, 2.45) is 0 Å².